The fourth-order valence-electron chi connectivity index (χ4n) is 2.56. The topological polar surface area (TPSA) is 88.6 Å². The van der Waals surface area contributed by atoms with Gasteiger partial charge >= 0.3 is 6.09 Å². The predicted octanol–water partition coefficient (Wildman–Crippen LogP) is 2.98. The first-order chi connectivity index (χ1) is 10.3. The Balaban J connectivity index is 2.35. The minimum absolute atomic E-state index is 0.194. The van der Waals surface area contributed by atoms with Crippen LogP contribution in [0.5, 0.6) is 5.75 Å². The van der Waals surface area contributed by atoms with E-state index >= 15 is 0 Å². The molecule has 0 radical (unpaired) electrons. The van der Waals surface area contributed by atoms with E-state index in [1.165, 1.54) is 7.11 Å². The molecule has 22 heavy (non-hydrogen) atoms. The molecule has 0 saturated carbocycles. The lowest BCUT2D eigenvalue weighted by atomic mass is 10.0. The number of anilines is 1. The molecule has 118 valence electrons. The van der Waals surface area contributed by atoms with Crippen LogP contribution in [0.25, 0.3) is 0 Å². The second-order valence-corrected chi connectivity index (χ2v) is 6.28. The highest BCUT2D eigenvalue weighted by Crippen LogP contribution is 2.40. The van der Waals surface area contributed by atoms with E-state index in [9.17, 15) is 4.79 Å². The molecule has 1 unspecified atom stereocenters. The number of ether oxygens (including phenoxy) is 2. The van der Waals surface area contributed by atoms with Gasteiger partial charge in [0.15, 0.2) is 0 Å². The van der Waals surface area contributed by atoms with Crippen LogP contribution in [0, 0.1) is 11.3 Å². The summed E-state index contributed by atoms with van der Waals surface area (Å²) in [6, 6.07) is 5.38. The minimum atomic E-state index is -0.584. The molecular weight excluding hydrogens is 282 g/mol. The summed E-state index contributed by atoms with van der Waals surface area (Å²) >= 11 is 0. The molecule has 0 bridgehead atoms. The molecular formula is C16H21N3O3. The Morgan fingerprint density at radius 1 is 1.50 bits per heavy atom. The van der Waals surface area contributed by atoms with Gasteiger partial charge in [0.2, 0.25) is 0 Å². The van der Waals surface area contributed by atoms with Gasteiger partial charge in [0.1, 0.15) is 11.4 Å². The van der Waals surface area contributed by atoms with Gasteiger partial charge in [0, 0.05) is 0 Å². The van der Waals surface area contributed by atoms with Gasteiger partial charge in [-0.05, 0) is 44.0 Å². The monoisotopic (exact) mass is 303 g/mol. The number of hydrogen-bond acceptors (Lipinski definition) is 5. The van der Waals surface area contributed by atoms with E-state index < -0.39 is 11.7 Å². The molecule has 1 aliphatic rings. The van der Waals surface area contributed by atoms with Gasteiger partial charge in [-0.1, -0.05) is 0 Å². The summed E-state index contributed by atoms with van der Waals surface area (Å²) in [6.45, 7) is 5.82. The number of amides is 1. The average Bonchev–Trinajstić information content (AvgIpc) is 2.74. The first-order valence-electron chi connectivity index (χ1n) is 7.09. The molecule has 1 amide bonds. The highest BCUT2D eigenvalue weighted by atomic mass is 16.6. The zero-order valence-corrected chi connectivity index (χ0v) is 13.3. The molecule has 0 fully saturated rings. The Morgan fingerprint density at radius 2 is 2.18 bits per heavy atom. The Bertz CT molecular complexity index is 629. The number of benzene rings is 1. The molecule has 2 N–H and O–H groups in total. The van der Waals surface area contributed by atoms with Gasteiger partial charge in [-0.25, -0.2) is 4.79 Å². The van der Waals surface area contributed by atoms with Crippen LogP contribution in [0.4, 0.5) is 10.5 Å². The summed E-state index contributed by atoms with van der Waals surface area (Å²) in [5, 5.41) is 9.08. The first-order valence-corrected chi connectivity index (χ1v) is 7.09. The van der Waals surface area contributed by atoms with Crippen LogP contribution < -0.4 is 10.5 Å². The van der Waals surface area contributed by atoms with Crippen molar-refractivity contribution in [2.75, 3.05) is 12.8 Å². The van der Waals surface area contributed by atoms with E-state index in [1.54, 1.807) is 17.0 Å². The van der Waals surface area contributed by atoms with E-state index in [2.05, 4.69) is 6.07 Å². The maximum Gasteiger partial charge on any atom is 0.411 e. The van der Waals surface area contributed by atoms with Crippen LogP contribution in [0.2, 0.25) is 0 Å². The van der Waals surface area contributed by atoms with Crippen LogP contribution in [-0.2, 0) is 11.3 Å². The third-order valence-electron chi connectivity index (χ3n) is 3.48. The standard InChI is InChI=1S/C16H21N3O3/c1-16(2,3)22-15(20)19-9-10-7-12(18)14(21-4)8-11(10)13(19)5-6-17/h7-8,13H,5,9,18H2,1-4H3. The molecule has 0 aromatic heterocycles. The van der Waals surface area contributed by atoms with Crippen LogP contribution in [-0.4, -0.2) is 23.7 Å². The lowest BCUT2D eigenvalue weighted by Gasteiger charge is -2.27. The number of nitrogens with two attached hydrogens (primary N) is 1. The Kier molecular flexibility index (Phi) is 4.18. The Hall–Kier alpha value is -2.42. The second kappa shape index (κ2) is 5.76. The molecule has 0 spiro atoms. The lowest BCUT2D eigenvalue weighted by molar-refractivity contribution is 0.0175. The van der Waals surface area contributed by atoms with E-state index in [1.807, 2.05) is 20.8 Å². The van der Waals surface area contributed by atoms with Gasteiger partial charge in [-0.15, -0.1) is 0 Å². The Morgan fingerprint density at radius 3 is 2.73 bits per heavy atom. The summed E-state index contributed by atoms with van der Waals surface area (Å²) in [5.41, 5.74) is 7.66. The number of methoxy groups -OCH3 is 1. The highest BCUT2D eigenvalue weighted by Gasteiger charge is 2.36. The van der Waals surface area contributed by atoms with Gasteiger partial charge in [0.25, 0.3) is 0 Å². The summed E-state index contributed by atoms with van der Waals surface area (Å²) in [4.78, 5) is 14.0. The van der Waals surface area contributed by atoms with Gasteiger partial charge in [-0.2, -0.15) is 5.26 Å². The predicted molar refractivity (Wildman–Crippen MR) is 82.2 cm³/mol. The van der Waals surface area contributed by atoms with Crippen molar-refractivity contribution >= 4 is 11.8 Å². The van der Waals surface area contributed by atoms with Crippen LogP contribution in [0.15, 0.2) is 12.1 Å². The van der Waals surface area contributed by atoms with Crippen molar-refractivity contribution in [3.8, 4) is 11.8 Å². The van der Waals surface area contributed by atoms with E-state index in [-0.39, 0.29) is 12.5 Å². The van der Waals surface area contributed by atoms with Crippen LogP contribution >= 0.6 is 0 Å². The smallest absolute Gasteiger partial charge is 0.411 e. The van der Waals surface area contributed by atoms with E-state index in [0.29, 0.717) is 18.0 Å². The molecule has 1 heterocycles. The van der Waals surface area contributed by atoms with Crippen LogP contribution in [0.3, 0.4) is 0 Å². The van der Waals surface area contributed by atoms with Gasteiger partial charge in [-0.3, -0.25) is 4.90 Å². The van der Waals surface area contributed by atoms with Gasteiger partial charge < -0.3 is 15.2 Å². The molecule has 1 aliphatic heterocycles. The quantitative estimate of drug-likeness (QED) is 0.848. The maximum absolute atomic E-state index is 12.4. The van der Waals surface area contributed by atoms with Crippen molar-refractivity contribution in [1.82, 2.24) is 4.90 Å². The fourth-order valence-corrected chi connectivity index (χ4v) is 2.56. The first kappa shape index (κ1) is 16.0. The molecule has 2 rings (SSSR count). The van der Waals surface area contributed by atoms with Crippen molar-refractivity contribution in [2.45, 2.75) is 45.4 Å². The summed E-state index contributed by atoms with van der Waals surface area (Å²) < 4.78 is 10.7. The van der Waals surface area contributed by atoms with E-state index in [0.717, 1.165) is 11.1 Å². The van der Waals surface area contributed by atoms with E-state index in [4.69, 9.17) is 20.5 Å². The summed E-state index contributed by atoms with van der Waals surface area (Å²) in [7, 11) is 1.54. The van der Waals surface area contributed by atoms with Crippen LogP contribution in [0.1, 0.15) is 44.4 Å². The van der Waals surface area contributed by atoms with Crippen molar-refractivity contribution in [3.05, 3.63) is 23.3 Å². The van der Waals surface area contributed by atoms with Crippen molar-refractivity contribution in [2.24, 2.45) is 0 Å². The number of hydrogen-bond donors (Lipinski definition) is 1. The third-order valence-corrected chi connectivity index (χ3v) is 3.48. The average molecular weight is 303 g/mol. The molecule has 6 nitrogen and oxygen atoms in total. The minimum Gasteiger partial charge on any atom is -0.495 e. The van der Waals surface area contributed by atoms with Crippen molar-refractivity contribution in [1.29, 1.82) is 5.26 Å². The van der Waals surface area contributed by atoms with Crippen molar-refractivity contribution < 1.29 is 14.3 Å². The normalized spacial score (nSPS) is 16.9. The maximum atomic E-state index is 12.4. The molecule has 6 heteroatoms. The number of rotatable bonds is 2. The number of carbonyl (C=O) groups excluding carboxylic acids is 1. The summed E-state index contributed by atoms with van der Waals surface area (Å²) in [5.74, 6) is 0.549. The largest absolute Gasteiger partial charge is 0.495 e. The fraction of sp³-hybridized carbons (Fsp3) is 0.500. The number of carbonyl (C=O) groups is 1. The summed E-state index contributed by atoms with van der Waals surface area (Å²) in [6.07, 6.45) is -0.235. The number of nitrogens with zero attached hydrogens (tertiary/aromatic N) is 2. The SMILES string of the molecule is COc1cc2c(cc1N)CN(C(=O)OC(C)(C)C)C2CC#N. The number of nitrogen functional groups attached to an aromatic ring is 1. The third kappa shape index (κ3) is 3.08. The second-order valence-electron chi connectivity index (χ2n) is 6.28. The van der Waals surface area contributed by atoms with Gasteiger partial charge in [0.05, 0.1) is 37.9 Å². The highest BCUT2D eigenvalue weighted by molar-refractivity contribution is 5.71. The number of nitriles is 1. The van der Waals surface area contributed by atoms with Crippen molar-refractivity contribution in [3.63, 3.8) is 0 Å². The lowest BCUT2D eigenvalue weighted by Crippen LogP contribution is -2.35. The molecule has 1 aromatic rings. The number of fused-ring (bicyclic) bond motifs is 1. The molecule has 1 atom stereocenters. The zero-order chi connectivity index (χ0) is 16.5. The Labute approximate surface area is 130 Å². The zero-order valence-electron chi connectivity index (χ0n) is 13.3. The molecule has 0 aliphatic carbocycles. The molecule has 0 saturated heterocycles. The molecule has 1 aromatic carbocycles.